The first-order valence-corrected chi connectivity index (χ1v) is 5.83. The molecule has 0 spiro atoms. The van der Waals surface area contributed by atoms with Crippen molar-refractivity contribution in [2.24, 2.45) is 0 Å². The van der Waals surface area contributed by atoms with Gasteiger partial charge in [0.15, 0.2) is 5.82 Å². The maximum Gasteiger partial charge on any atom is 0.324 e. The van der Waals surface area contributed by atoms with Crippen LogP contribution >= 0.6 is 0 Å². The minimum Gasteiger partial charge on any atom is -0.480 e. The van der Waals surface area contributed by atoms with Crippen LogP contribution < -0.4 is 4.72 Å². The number of aromatic nitrogens is 1. The Morgan fingerprint density at radius 2 is 2.24 bits per heavy atom. The third-order valence-corrected chi connectivity index (χ3v) is 3.16. The first-order valence-electron chi connectivity index (χ1n) is 4.35. The lowest BCUT2D eigenvalue weighted by Crippen LogP contribution is -2.43. The van der Waals surface area contributed by atoms with Gasteiger partial charge < -0.3 is 10.2 Å². The highest BCUT2D eigenvalue weighted by Gasteiger charge is 2.27. The van der Waals surface area contributed by atoms with Gasteiger partial charge in [0.1, 0.15) is 6.04 Å². The molecule has 0 unspecified atom stereocenters. The molecular weight excluding hydrogens is 255 g/mol. The molecular formula is C8H9FN2O5S. The van der Waals surface area contributed by atoms with Gasteiger partial charge in [0.25, 0.3) is 10.0 Å². The number of halogens is 1. The molecule has 0 radical (unpaired) electrons. The maximum atomic E-state index is 13.1. The van der Waals surface area contributed by atoms with Crippen LogP contribution in [0.3, 0.4) is 0 Å². The average Bonchev–Trinajstić information content (AvgIpc) is 2.26. The summed E-state index contributed by atoms with van der Waals surface area (Å²) < 4.78 is 37.8. The summed E-state index contributed by atoms with van der Waals surface area (Å²) in [4.78, 5) is 13.8. The van der Waals surface area contributed by atoms with Crippen molar-refractivity contribution in [2.45, 2.75) is 11.1 Å². The Hall–Kier alpha value is -1.58. The van der Waals surface area contributed by atoms with Crippen molar-refractivity contribution in [3.05, 3.63) is 24.1 Å². The van der Waals surface area contributed by atoms with Crippen LogP contribution in [-0.2, 0) is 14.8 Å². The van der Waals surface area contributed by atoms with Gasteiger partial charge in [-0.05, 0) is 12.1 Å². The van der Waals surface area contributed by atoms with Crippen molar-refractivity contribution in [1.29, 1.82) is 0 Å². The van der Waals surface area contributed by atoms with Crippen molar-refractivity contribution in [1.82, 2.24) is 9.71 Å². The number of carboxylic acid groups (broad SMARTS) is 1. The Labute approximate surface area is 96.0 Å². The number of sulfonamides is 1. The van der Waals surface area contributed by atoms with Crippen LogP contribution in [0.2, 0.25) is 0 Å². The van der Waals surface area contributed by atoms with E-state index in [-0.39, 0.29) is 0 Å². The van der Waals surface area contributed by atoms with Gasteiger partial charge in [-0.15, -0.1) is 0 Å². The van der Waals surface area contributed by atoms with Crippen LogP contribution in [0, 0.1) is 5.82 Å². The molecule has 0 fully saturated rings. The molecule has 1 aromatic rings. The van der Waals surface area contributed by atoms with E-state index >= 15 is 0 Å². The number of aliphatic carboxylic acids is 1. The van der Waals surface area contributed by atoms with E-state index in [1.807, 2.05) is 0 Å². The molecule has 1 heterocycles. The zero-order chi connectivity index (χ0) is 13.1. The minimum atomic E-state index is -4.42. The van der Waals surface area contributed by atoms with E-state index in [1.54, 1.807) is 4.72 Å². The highest BCUT2D eigenvalue weighted by Crippen LogP contribution is 2.10. The van der Waals surface area contributed by atoms with Crippen LogP contribution in [0.25, 0.3) is 0 Å². The van der Waals surface area contributed by atoms with Crippen LogP contribution in [0.4, 0.5) is 4.39 Å². The van der Waals surface area contributed by atoms with E-state index in [0.717, 1.165) is 12.3 Å². The van der Waals surface area contributed by atoms with E-state index in [0.29, 0.717) is 0 Å². The molecule has 0 saturated heterocycles. The Kier molecular flexibility index (Phi) is 4.10. The normalized spacial score (nSPS) is 13.3. The number of hydrogen-bond acceptors (Lipinski definition) is 5. The van der Waals surface area contributed by atoms with E-state index in [9.17, 15) is 17.6 Å². The van der Waals surface area contributed by atoms with Gasteiger partial charge in [-0.2, -0.15) is 4.72 Å². The molecule has 1 rings (SSSR count). The van der Waals surface area contributed by atoms with Gasteiger partial charge in [0.05, 0.1) is 6.61 Å². The number of carbonyl (C=O) groups is 1. The van der Waals surface area contributed by atoms with Crippen LogP contribution in [0.15, 0.2) is 23.4 Å². The fourth-order valence-corrected chi connectivity index (χ4v) is 2.16. The Morgan fingerprint density at radius 3 is 2.71 bits per heavy atom. The van der Waals surface area contributed by atoms with Crippen molar-refractivity contribution in [2.75, 3.05) is 6.61 Å². The molecule has 1 atom stereocenters. The van der Waals surface area contributed by atoms with E-state index < -0.39 is 39.5 Å². The fourth-order valence-electron chi connectivity index (χ4n) is 0.978. The van der Waals surface area contributed by atoms with Crippen LogP contribution in [-0.4, -0.2) is 42.2 Å². The van der Waals surface area contributed by atoms with Gasteiger partial charge >= 0.3 is 5.97 Å². The summed E-state index contributed by atoms with van der Waals surface area (Å²) in [6, 6.07) is 0.312. The van der Waals surface area contributed by atoms with Crippen LogP contribution in [0.5, 0.6) is 0 Å². The second kappa shape index (κ2) is 5.17. The van der Waals surface area contributed by atoms with Crippen molar-refractivity contribution < 1.29 is 27.8 Å². The Balaban J connectivity index is 3.05. The lowest BCUT2D eigenvalue weighted by molar-refractivity contribution is -0.139. The Bertz CT molecular complexity index is 518. The first kappa shape index (κ1) is 13.5. The predicted octanol–water partition coefficient (Wildman–Crippen LogP) is -1.06. The van der Waals surface area contributed by atoms with Crippen LogP contribution in [0.1, 0.15) is 0 Å². The number of nitrogens with zero attached hydrogens (tertiary/aromatic N) is 1. The lowest BCUT2D eigenvalue weighted by Gasteiger charge is -2.11. The zero-order valence-electron chi connectivity index (χ0n) is 8.37. The number of hydrogen-bond donors (Lipinski definition) is 3. The molecule has 0 aromatic carbocycles. The number of rotatable bonds is 5. The second-order valence-corrected chi connectivity index (χ2v) is 4.61. The Morgan fingerprint density at radius 1 is 1.59 bits per heavy atom. The topological polar surface area (TPSA) is 117 Å². The summed E-state index contributed by atoms with van der Waals surface area (Å²) >= 11 is 0. The van der Waals surface area contributed by atoms with Gasteiger partial charge in [-0.1, -0.05) is 0 Å². The highest BCUT2D eigenvalue weighted by atomic mass is 32.2. The zero-order valence-corrected chi connectivity index (χ0v) is 9.19. The van der Waals surface area contributed by atoms with Crippen molar-refractivity contribution in [3.63, 3.8) is 0 Å². The van der Waals surface area contributed by atoms with Crippen molar-refractivity contribution >= 4 is 16.0 Å². The molecule has 0 aliphatic heterocycles. The van der Waals surface area contributed by atoms with Gasteiger partial charge in [0, 0.05) is 6.20 Å². The fraction of sp³-hybridized carbons (Fsp3) is 0.250. The molecule has 7 nitrogen and oxygen atoms in total. The largest absolute Gasteiger partial charge is 0.480 e. The van der Waals surface area contributed by atoms with E-state index in [4.69, 9.17) is 10.2 Å². The summed E-state index contributed by atoms with van der Waals surface area (Å²) in [6.45, 7) is -0.955. The molecule has 9 heteroatoms. The number of nitrogens with one attached hydrogen (secondary N) is 1. The third-order valence-electron chi connectivity index (χ3n) is 1.76. The number of carboxylic acids is 1. The predicted molar refractivity (Wildman–Crippen MR) is 53.0 cm³/mol. The minimum absolute atomic E-state index is 0.871. The molecule has 1 aromatic heterocycles. The number of aliphatic hydroxyl groups is 1. The molecule has 0 aliphatic rings. The smallest absolute Gasteiger partial charge is 0.324 e. The highest BCUT2D eigenvalue weighted by molar-refractivity contribution is 7.89. The standard InChI is InChI=1S/C8H9FN2O5S/c9-5-2-1-3-10-7(5)17(15,16)11-6(4-12)8(13)14/h1-3,6,11-12H,4H2,(H,13,14)/t6-/m0/s1. The summed E-state index contributed by atoms with van der Waals surface area (Å²) in [5, 5.41) is 16.3. The van der Waals surface area contributed by atoms with Gasteiger partial charge in [0.2, 0.25) is 5.03 Å². The summed E-state index contributed by atoms with van der Waals surface area (Å²) in [6.07, 6.45) is 1.05. The maximum absolute atomic E-state index is 13.1. The van der Waals surface area contributed by atoms with E-state index in [1.165, 1.54) is 6.07 Å². The number of aliphatic hydroxyl groups excluding tert-OH is 1. The lowest BCUT2D eigenvalue weighted by atomic mass is 10.3. The number of pyridine rings is 1. The van der Waals surface area contributed by atoms with Gasteiger partial charge in [-0.3, -0.25) is 4.79 Å². The molecule has 3 N–H and O–H groups in total. The average molecular weight is 264 g/mol. The third kappa shape index (κ3) is 3.19. The molecule has 0 saturated carbocycles. The summed E-state index contributed by atoms with van der Waals surface area (Å²) in [5.41, 5.74) is 0. The quantitative estimate of drug-likeness (QED) is 0.624. The second-order valence-electron chi connectivity index (χ2n) is 2.99. The van der Waals surface area contributed by atoms with Crippen molar-refractivity contribution in [3.8, 4) is 0 Å². The van der Waals surface area contributed by atoms with Gasteiger partial charge in [-0.25, -0.2) is 17.8 Å². The first-order chi connectivity index (χ1) is 7.88. The summed E-state index contributed by atoms with van der Waals surface area (Å²) in [7, 11) is -4.42. The molecule has 17 heavy (non-hydrogen) atoms. The monoisotopic (exact) mass is 264 g/mol. The SMILES string of the molecule is O=C(O)[C@H](CO)NS(=O)(=O)c1ncccc1F. The molecule has 0 bridgehead atoms. The summed E-state index contributed by atoms with van der Waals surface area (Å²) in [5.74, 6) is -2.69. The molecule has 0 amide bonds. The molecule has 0 aliphatic carbocycles. The van der Waals surface area contributed by atoms with E-state index in [2.05, 4.69) is 4.98 Å². The molecule has 94 valence electrons.